The quantitative estimate of drug-likeness (QED) is 0.757. The Labute approximate surface area is 110 Å². The van der Waals surface area contributed by atoms with Gasteiger partial charge in [-0.25, -0.2) is 0 Å². The van der Waals surface area contributed by atoms with Crippen molar-refractivity contribution in [3.05, 3.63) is 35.4 Å². The Morgan fingerprint density at radius 1 is 0.944 bits per heavy atom. The van der Waals surface area contributed by atoms with Gasteiger partial charge in [-0.15, -0.1) is 0 Å². The highest BCUT2D eigenvalue weighted by molar-refractivity contribution is 5.27. The average Bonchev–Trinajstić information content (AvgIpc) is 2.33. The standard InChI is InChI=1S/C15H25NO2/c1-15(2,3)14-6-4-13(5-7-14)12-18-11-10-17-9-8-16/h4-7H,8-12,16H2,1-3H3. The van der Waals surface area contributed by atoms with Crippen molar-refractivity contribution in [2.75, 3.05) is 26.4 Å². The van der Waals surface area contributed by atoms with Gasteiger partial charge in [-0.3, -0.25) is 0 Å². The molecule has 0 amide bonds. The van der Waals surface area contributed by atoms with Crippen LogP contribution in [0.15, 0.2) is 24.3 Å². The highest BCUT2D eigenvalue weighted by atomic mass is 16.5. The number of rotatable bonds is 7. The summed E-state index contributed by atoms with van der Waals surface area (Å²) in [4.78, 5) is 0. The molecule has 0 saturated heterocycles. The Morgan fingerprint density at radius 2 is 1.56 bits per heavy atom. The fourth-order valence-corrected chi connectivity index (χ4v) is 1.59. The molecule has 3 heteroatoms. The van der Waals surface area contributed by atoms with Crippen molar-refractivity contribution >= 4 is 0 Å². The second-order valence-electron chi connectivity index (χ2n) is 5.40. The molecule has 0 fully saturated rings. The van der Waals surface area contributed by atoms with Crippen LogP contribution in [0.1, 0.15) is 31.9 Å². The highest BCUT2D eigenvalue weighted by Crippen LogP contribution is 2.22. The van der Waals surface area contributed by atoms with Crippen LogP contribution < -0.4 is 5.73 Å². The lowest BCUT2D eigenvalue weighted by atomic mass is 9.87. The van der Waals surface area contributed by atoms with E-state index >= 15 is 0 Å². The smallest absolute Gasteiger partial charge is 0.0718 e. The first-order valence-corrected chi connectivity index (χ1v) is 6.49. The van der Waals surface area contributed by atoms with Crippen molar-refractivity contribution in [3.8, 4) is 0 Å². The second kappa shape index (κ2) is 7.52. The van der Waals surface area contributed by atoms with Crippen LogP contribution in [0.2, 0.25) is 0 Å². The van der Waals surface area contributed by atoms with Crippen molar-refractivity contribution in [2.24, 2.45) is 5.73 Å². The largest absolute Gasteiger partial charge is 0.378 e. The summed E-state index contributed by atoms with van der Waals surface area (Å²) >= 11 is 0. The van der Waals surface area contributed by atoms with Gasteiger partial charge in [0.15, 0.2) is 0 Å². The van der Waals surface area contributed by atoms with Gasteiger partial charge < -0.3 is 15.2 Å². The van der Waals surface area contributed by atoms with E-state index in [1.807, 2.05) is 0 Å². The van der Waals surface area contributed by atoms with Crippen LogP contribution in [0.5, 0.6) is 0 Å². The molecule has 0 radical (unpaired) electrons. The molecule has 1 aromatic rings. The molecule has 0 unspecified atom stereocenters. The molecule has 0 saturated carbocycles. The summed E-state index contributed by atoms with van der Waals surface area (Å²) in [7, 11) is 0. The summed E-state index contributed by atoms with van der Waals surface area (Å²) in [6.45, 7) is 9.67. The number of nitrogens with two attached hydrogens (primary N) is 1. The van der Waals surface area contributed by atoms with E-state index in [1.54, 1.807) is 0 Å². The van der Waals surface area contributed by atoms with Crippen LogP contribution >= 0.6 is 0 Å². The molecule has 0 heterocycles. The van der Waals surface area contributed by atoms with Gasteiger partial charge in [0.1, 0.15) is 0 Å². The average molecular weight is 251 g/mol. The number of benzene rings is 1. The van der Waals surface area contributed by atoms with E-state index in [0.29, 0.717) is 33.0 Å². The molecule has 0 aliphatic heterocycles. The zero-order valence-electron chi connectivity index (χ0n) is 11.7. The Morgan fingerprint density at radius 3 is 2.11 bits per heavy atom. The van der Waals surface area contributed by atoms with Crippen LogP contribution in [-0.2, 0) is 21.5 Å². The maximum Gasteiger partial charge on any atom is 0.0718 e. The molecule has 2 N–H and O–H groups in total. The molecule has 0 aliphatic rings. The summed E-state index contributed by atoms with van der Waals surface area (Å²) in [6, 6.07) is 8.59. The monoisotopic (exact) mass is 251 g/mol. The van der Waals surface area contributed by atoms with Crippen LogP contribution in [0.25, 0.3) is 0 Å². The molecule has 3 nitrogen and oxygen atoms in total. The molecule has 0 atom stereocenters. The highest BCUT2D eigenvalue weighted by Gasteiger charge is 2.12. The lowest BCUT2D eigenvalue weighted by Crippen LogP contribution is -2.12. The van der Waals surface area contributed by atoms with Gasteiger partial charge in [-0.05, 0) is 16.5 Å². The van der Waals surface area contributed by atoms with Crippen LogP contribution in [-0.4, -0.2) is 26.4 Å². The number of hydrogen-bond acceptors (Lipinski definition) is 3. The molecule has 0 aliphatic carbocycles. The predicted molar refractivity (Wildman–Crippen MR) is 74.7 cm³/mol. The van der Waals surface area contributed by atoms with Gasteiger partial charge in [-0.1, -0.05) is 45.0 Å². The summed E-state index contributed by atoms with van der Waals surface area (Å²) in [5, 5.41) is 0. The van der Waals surface area contributed by atoms with Crippen molar-refractivity contribution in [3.63, 3.8) is 0 Å². The first-order valence-electron chi connectivity index (χ1n) is 6.49. The minimum Gasteiger partial charge on any atom is -0.378 e. The van der Waals surface area contributed by atoms with Gasteiger partial charge in [0.05, 0.1) is 26.4 Å². The molecule has 18 heavy (non-hydrogen) atoms. The zero-order valence-corrected chi connectivity index (χ0v) is 11.7. The van der Waals surface area contributed by atoms with E-state index in [9.17, 15) is 0 Å². The van der Waals surface area contributed by atoms with E-state index in [0.717, 1.165) is 0 Å². The third-order valence-corrected chi connectivity index (χ3v) is 2.72. The maximum atomic E-state index is 5.53. The lowest BCUT2D eigenvalue weighted by Gasteiger charge is -2.19. The van der Waals surface area contributed by atoms with E-state index in [4.69, 9.17) is 15.2 Å². The van der Waals surface area contributed by atoms with E-state index in [1.165, 1.54) is 11.1 Å². The molecule has 0 bridgehead atoms. The maximum absolute atomic E-state index is 5.53. The van der Waals surface area contributed by atoms with Gasteiger partial charge in [0.2, 0.25) is 0 Å². The van der Waals surface area contributed by atoms with Crippen LogP contribution in [0.4, 0.5) is 0 Å². The minimum absolute atomic E-state index is 0.204. The minimum atomic E-state index is 0.204. The summed E-state index contributed by atoms with van der Waals surface area (Å²) in [5.41, 5.74) is 8.06. The summed E-state index contributed by atoms with van der Waals surface area (Å²) < 4.78 is 10.8. The molecule has 1 rings (SSSR count). The van der Waals surface area contributed by atoms with Crippen molar-refractivity contribution in [1.82, 2.24) is 0 Å². The SMILES string of the molecule is CC(C)(C)c1ccc(COCCOCCN)cc1. The molecular formula is C15H25NO2. The summed E-state index contributed by atoms with van der Waals surface area (Å²) in [6.07, 6.45) is 0. The van der Waals surface area contributed by atoms with Gasteiger partial charge in [0.25, 0.3) is 0 Å². The Bertz CT molecular complexity index is 327. The van der Waals surface area contributed by atoms with E-state index in [-0.39, 0.29) is 5.41 Å². The Balaban J connectivity index is 2.27. The molecule has 1 aromatic carbocycles. The fourth-order valence-electron chi connectivity index (χ4n) is 1.59. The lowest BCUT2D eigenvalue weighted by molar-refractivity contribution is 0.0433. The van der Waals surface area contributed by atoms with Crippen LogP contribution in [0, 0.1) is 0 Å². The van der Waals surface area contributed by atoms with E-state index < -0.39 is 0 Å². The van der Waals surface area contributed by atoms with Crippen molar-refractivity contribution in [2.45, 2.75) is 32.8 Å². The van der Waals surface area contributed by atoms with Crippen LogP contribution in [0.3, 0.4) is 0 Å². The third kappa shape index (κ3) is 5.63. The third-order valence-electron chi connectivity index (χ3n) is 2.72. The normalized spacial score (nSPS) is 11.8. The first-order chi connectivity index (χ1) is 8.54. The first kappa shape index (κ1) is 15.2. The predicted octanol–water partition coefficient (Wildman–Crippen LogP) is 2.48. The molecule has 0 spiro atoms. The zero-order chi connectivity index (χ0) is 13.4. The topological polar surface area (TPSA) is 44.5 Å². The van der Waals surface area contributed by atoms with Crippen molar-refractivity contribution in [1.29, 1.82) is 0 Å². The number of ether oxygens (including phenoxy) is 2. The van der Waals surface area contributed by atoms with Gasteiger partial charge >= 0.3 is 0 Å². The molecule has 0 aromatic heterocycles. The summed E-state index contributed by atoms with van der Waals surface area (Å²) in [5.74, 6) is 0. The van der Waals surface area contributed by atoms with Crippen molar-refractivity contribution < 1.29 is 9.47 Å². The van der Waals surface area contributed by atoms with E-state index in [2.05, 4.69) is 45.0 Å². The number of hydrogen-bond donors (Lipinski definition) is 1. The molecule has 102 valence electrons. The Kier molecular flexibility index (Phi) is 6.33. The second-order valence-corrected chi connectivity index (χ2v) is 5.40. The fraction of sp³-hybridized carbons (Fsp3) is 0.600. The molecular weight excluding hydrogens is 226 g/mol. The van der Waals surface area contributed by atoms with Gasteiger partial charge in [0, 0.05) is 6.54 Å². The Hall–Kier alpha value is -0.900. The van der Waals surface area contributed by atoms with Gasteiger partial charge in [-0.2, -0.15) is 0 Å².